The minimum Gasteiger partial charge on any atom is -0.399 e. The normalized spacial score (nSPS) is 15.2. The summed E-state index contributed by atoms with van der Waals surface area (Å²) in [6.07, 6.45) is 1.49. The Kier molecular flexibility index (Phi) is 4.66. The van der Waals surface area contributed by atoms with Crippen LogP contribution in [0.1, 0.15) is 30.2 Å². The van der Waals surface area contributed by atoms with E-state index in [9.17, 15) is 9.18 Å². The number of halogens is 1. The lowest BCUT2D eigenvalue weighted by atomic mass is 9.96. The average molecular weight is 368 g/mol. The summed E-state index contributed by atoms with van der Waals surface area (Å²) in [5.41, 5.74) is 7.58. The zero-order chi connectivity index (χ0) is 18.8. The summed E-state index contributed by atoms with van der Waals surface area (Å²) >= 11 is 0. The van der Waals surface area contributed by atoms with Crippen LogP contribution in [0.4, 0.5) is 15.8 Å². The van der Waals surface area contributed by atoms with Crippen LogP contribution in [0.2, 0.25) is 0 Å². The highest BCUT2D eigenvalue weighted by Crippen LogP contribution is 2.30. The summed E-state index contributed by atoms with van der Waals surface area (Å²) in [7, 11) is 0. The van der Waals surface area contributed by atoms with E-state index < -0.39 is 5.76 Å². The Morgan fingerprint density at radius 1 is 1.15 bits per heavy atom. The fraction of sp³-hybridized carbons (Fsp3) is 0.300. The molecule has 140 valence electrons. The number of rotatable bonds is 4. The molecule has 0 atom stereocenters. The van der Waals surface area contributed by atoms with Crippen LogP contribution >= 0.6 is 0 Å². The van der Waals surface area contributed by atoms with Crippen LogP contribution < -0.4 is 16.4 Å². The Labute approximate surface area is 156 Å². The zero-order valence-corrected chi connectivity index (χ0v) is 14.8. The monoisotopic (exact) mass is 368 g/mol. The van der Waals surface area contributed by atoms with Gasteiger partial charge in [0.1, 0.15) is 5.82 Å². The van der Waals surface area contributed by atoms with Gasteiger partial charge in [0, 0.05) is 24.7 Å². The van der Waals surface area contributed by atoms with Crippen molar-refractivity contribution in [3.05, 3.63) is 76.4 Å². The van der Waals surface area contributed by atoms with E-state index in [0.717, 1.165) is 18.4 Å². The van der Waals surface area contributed by atoms with Crippen molar-refractivity contribution in [1.82, 2.24) is 9.78 Å². The van der Waals surface area contributed by atoms with Crippen LogP contribution in [-0.4, -0.2) is 22.9 Å². The molecule has 27 heavy (non-hydrogen) atoms. The second kappa shape index (κ2) is 7.26. The highest BCUT2D eigenvalue weighted by atomic mass is 19.1. The molecule has 1 fully saturated rings. The number of nitrogen functional groups attached to an aromatic ring is 1. The maximum atomic E-state index is 14.1. The number of anilines is 2. The Bertz CT molecular complexity index is 975. The van der Waals surface area contributed by atoms with Crippen LogP contribution in [-0.2, 0) is 6.54 Å². The standard InChI is InChI=1S/C20H21FN4O2/c21-17-12-16(22)6-7-18(17)24-10-8-15(9-11-24)19-23-25(20(26)27-19)13-14-4-2-1-3-5-14/h1-7,12,15H,8-11,13,22H2. The van der Waals surface area contributed by atoms with Crippen LogP contribution in [0.25, 0.3) is 0 Å². The molecule has 0 radical (unpaired) electrons. The second-order valence-corrected chi connectivity index (χ2v) is 6.82. The summed E-state index contributed by atoms with van der Waals surface area (Å²) in [6, 6.07) is 14.4. The van der Waals surface area contributed by atoms with Gasteiger partial charge >= 0.3 is 5.76 Å². The van der Waals surface area contributed by atoms with Gasteiger partial charge in [0.15, 0.2) is 0 Å². The smallest absolute Gasteiger partial charge is 0.399 e. The van der Waals surface area contributed by atoms with Gasteiger partial charge in [0.2, 0.25) is 5.89 Å². The lowest BCUT2D eigenvalue weighted by molar-refractivity contribution is 0.377. The Hall–Kier alpha value is -3.09. The maximum Gasteiger partial charge on any atom is 0.437 e. The van der Waals surface area contributed by atoms with Gasteiger partial charge in [-0.1, -0.05) is 30.3 Å². The van der Waals surface area contributed by atoms with Gasteiger partial charge in [-0.25, -0.2) is 9.18 Å². The third-order valence-corrected chi connectivity index (χ3v) is 4.95. The molecule has 1 saturated heterocycles. The van der Waals surface area contributed by atoms with Crippen LogP contribution in [0, 0.1) is 5.82 Å². The van der Waals surface area contributed by atoms with E-state index in [1.165, 1.54) is 10.7 Å². The molecule has 6 nitrogen and oxygen atoms in total. The largest absolute Gasteiger partial charge is 0.437 e. The molecule has 7 heteroatoms. The maximum absolute atomic E-state index is 14.1. The Morgan fingerprint density at radius 2 is 1.89 bits per heavy atom. The molecule has 0 saturated carbocycles. The van der Waals surface area contributed by atoms with Crippen LogP contribution in [0.15, 0.2) is 57.7 Å². The van der Waals surface area contributed by atoms with Crippen LogP contribution in [0.3, 0.4) is 0 Å². The molecule has 1 aliphatic rings. The molecular formula is C20H21FN4O2. The van der Waals surface area contributed by atoms with E-state index >= 15 is 0 Å². The topological polar surface area (TPSA) is 77.3 Å². The lowest BCUT2D eigenvalue weighted by Crippen LogP contribution is -2.33. The first-order valence-corrected chi connectivity index (χ1v) is 9.02. The number of nitrogens with two attached hydrogens (primary N) is 1. The molecule has 0 aliphatic carbocycles. The number of aromatic nitrogens is 2. The summed E-state index contributed by atoms with van der Waals surface area (Å²) in [4.78, 5) is 14.1. The van der Waals surface area contributed by atoms with Crippen molar-refractivity contribution in [2.24, 2.45) is 0 Å². The summed E-state index contributed by atoms with van der Waals surface area (Å²) in [5.74, 6) is -0.232. The molecule has 3 aromatic rings. The fourth-order valence-corrected chi connectivity index (χ4v) is 3.49. The third kappa shape index (κ3) is 3.72. The van der Waals surface area contributed by atoms with Crippen molar-refractivity contribution in [2.45, 2.75) is 25.3 Å². The summed E-state index contributed by atoms with van der Waals surface area (Å²) in [5, 5.41) is 4.38. The van der Waals surface area contributed by atoms with Crippen molar-refractivity contribution in [3.63, 3.8) is 0 Å². The number of nitrogens with zero attached hydrogens (tertiary/aromatic N) is 3. The Balaban J connectivity index is 1.44. The number of hydrogen-bond acceptors (Lipinski definition) is 5. The van der Waals surface area contributed by atoms with Crippen molar-refractivity contribution in [3.8, 4) is 0 Å². The molecule has 2 heterocycles. The number of benzene rings is 2. The zero-order valence-electron chi connectivity index (χ0n) is 14.8. The predicted octanol–water partition coefficient (Wildman–Crippen LogP) is 2.99. The molecule has 0 bridgehead atoms. The molecular weight excluding hydrogens is 347 g/mol. The van der Waals surface area contributed by atoms with Crippen molar-refractivity contribution >= 4 is 11.4 Å². The predicted molar refractivity (Wildman–Crippen MR) is 101 cm³/mol. The highest BCUT2D eigenvalue weighted by Gasteiger charge is 2.26. The van der Waals surface area contributed by atoms with Gasteiger partial charge in [-0.3, -0.25) is 0 Å². The fourth-order valence-electron chi connectivity index (χ4n) is 3.49. The van der Waals surface area contributed by atoms with Crippen molar-refractivity contribution < 1.29 is 8.81 Å². The van der Waals surface area contributed by atoms with Gasteiger partial charge in [-0.2, -0.15) is 4.68 Å². The number of piperidine rings is 1. The molecule has 1 aromatic heterocycles. The summed E-state index contributed by atoms with van der Waals surface area (Å²) in [6.45, 7) is 1.72. The molecule has 0 spiro atoms. The molecule has 0 unspecified atom stereocenters. The molecule has 2 aromatic carbocycles. The van der Waals surface area contributed by atoms with E-state index in [0.29, 0.717) is 36.9 Å². The first kappa shape index (κ1) is 17.3. The molecule has 2 N–H and O–H groups in total. The molecule has 4 rings (SSSR count). The quantitative estimate of drug-likeness (QED) is 0.717. The van der Waals surface area contributed by atoms with E-state index in [1.807, 2.05) is 35.2 Å². The van der Waals surface area contributed by atoms with Crippen LogP contribution in [0.5, 0.6) is 0 Å². The van der Waals surface area contributed by atoms with E-state index in [2.05, 4.69) is 5.10 Å². The average Bonchev–Trinajstić information content (AvgIpc) is 3.03. The van der Waals surface area contributed by atoms with Gasteiger partial charge in [-0.05, 0) is 36.6 Å². The van der Waals surface area contributed by atoms with Crippen molar-refractivity contribution in [2.75, 3.05) is 23.7 Å². The second-order valence-electron chi connectivity index (χ2n) is 6.82. The minimum absolute atomic E-state index is 0.0582. The van der Waals surface area contributed by atoms with Gasteiger partial charge in [0.05, 0.1) is 12.2 Å². The molecule has 1 aliphatic heterocycles. The van der Waals surface area contributed by atoms with Crippen molar-refractivity contribution in [1.29, 1.82) is 0 Å². The van der Waals surface area contributed by atoms with Gasteiger partial charge < -0.3 is 15.1 Å². The van der Waals surface area contributed by atoms with E-state index in [-0.39, 0.29) is 11.7 Å². The SMILES string of the molecule is Nc1ccc(N2CCC(c3nn(Cc4ccccc4)c(=O)o3)CC2)c(F)c1. The number of hydrogen-bond donors (Lipinski definition) is 1. The minimum atomic E-state index is -0.444. The van der Waals surface area contributed by atoms with E-state index in [1.54, 1.807) is 12.1 Å². The molecule has 0 amide bonds. The third-order valence-electron chi connectivity index (χ3n) is 4.95. The Morgan fingerprint density at radius 3 is 2.59 bits per heavy atom. The van der Waals surface area contributed by atoms with E-state index in [4.69, 9.17) is 10.2 Å². The summed E-state index contributed by atoms with van der Waals surface area (Å²) < 4.78 is 20.9. The first-order chi connectivity index (χ1) is 13.1. The lowest BCUT2D eigenvalue weighted by Gasteiger charge is -2.32. The van der Waals surface area contributed by atoms with Gasteiger partial charge in [-0.15, -0.1) is 5.10 Å². The first-order valence-electron chi connectivity index (χ1n) is 9.02. The van der Waals surface area contributed by atoms with Gasteiger partial charge in [0.25, 0.3) is 0 Å². The highest BCUT2D eigenvalue weighted by molar-refractivity contribution is 5.54.